The lowest BCUT2D eigenvalue weighted by molar-refractivity contribution is 0.125. The van der Waals surface area contributed by atoms with E-state index < -0.39 is 16.1 Å². The standard InChI is InChI=1S/C14H23NO3S/c1-10(2)13(16)9-12-7-5-6-8-14(12)19(17,18)15-11(3)4/h5-8,10-11,13,15-16H,9H2,1-4H3. The van der Waals surface area contributed by atoms with Crippen molar-refractivity contribution in [3.05, 3.63) is 29.8 Å². The first-order chi connectivity index (χ1) is 8.74. The zero-order chi connectivity index (χ0) is 14.6. The Balaban J connectivity index is 3.09. The Morgan fingerprint density at radius 2 is 1.74 bits per heavy atom. The average Bonchev–Trinajstić information content (AvgIpc) is 2.27. The number of hydrogen-bond donors (Lipinski definition) is 2. The number of hydrogen-bond acceptors (Lipinski definition) is 3. The summed E-state index contributed by atoms with van der Waals surface area (Å²) < 4.78 is 27.0. The maximum Gasteiger partial charge on any atom is 0.241 e. The molecule has 1 atom stereocenters. The van der Waals surface area contributed by atoms with Crippen LogP contribution in [0, 0.1) is 5.92 Å². The summed E-state index contributed by atoms with van der Waals surface area (Å²) in [5, 5.41) is 9.94. The molecule has 0 saturated carbocycles. The molecule has 0 radical (unpaired) electrons. The van der Waals surface area contributed by atoms with E-state index in [1.165, 1.54) is 0 Å². The largest absolute Gasteiger partial charge is 0.393 e. The highest BCUT2D eigenvalue weighted by Gasteiger charge is 2.21. The minimum Gasteiger partial charge on any atom is -0.393 e. The van der Waals surface area contributed by atoms with E-state index in [0.717, 1.165) is 0 Å². The molecule has 1 rings (SSSR count). The molecule has 0 aliphatic heterocycles. The van der Waals surface area contributed by atoms with Gasteiger partial charge in [0.1, 0.15) is 0 Å². The minimum absolute atomic E-state index is 0.0915. The highest BCUT2D eigenvalue weighted by atomic mass is 32.2. The second kappa shape index (κ2) is 6.50. The highest BCUT2D eigenvalue weighted by molar-refractivity contribution is 7.89. The molecule has 0 spiro atoms. The van der Waals surface area contributed by atoms with Crippen molar-refractivity contribution in [1.82, 2.24) is 4.72 Å². The van der Waals surface area contributed by atoms with Crippen molar-refractivity contribution in [1.29, 1.82) is 0 Å². The van der Waals surface area contributed by atoms with Crippen LogP contribution < -0.4 is 4.72 Å². The summed E-state index contributed by atoms with van der Waals surface area (Å²) in [4.78, 5) is 0.253. The van der Waals surface area contributed by atoms with Gasteiger partial charge in [-0.2, -0.15) is 0 Å². The SMILES string of the molecule is CC(C)NS(=O)(=O)c1ccccc1CC(O)C(C)C. The Morgan fingerprint density at radius 1 is 1.16 bits per heavy atom. The zero-order valence-electron chi connectivity index (χ0n) is 11.9. The van der Waals surface area contributed by atoms with Crippen molar-refractivity contribution >= 4 is 10.0 Å². The summed E-state index contributed by atoms with van der Waals surface area (Å²) in [7, 11) is -3.52. The molecule has 0 bridgehead atoms. The number of aliphatic hydroxyl groups is 1. The molecule has 1 aromatic rings. The van der Waals surface area contributed by atoms with Gasteiger partial charge in [-0.3, -0.25) is 0 Å². The second-order valence-electron chi connectivity index (χ2n) is 5.40. The van der Waals surface area contributed by atoms with Gasteiger partial charge in [0.15, 0.2) is 0 Å². The van der Waals surface area contributed by atoms with Crippen LogP contribution >= 0.6 is 0 Å². The lowest BCUT2D eigenvalue weighted by atomic mass is 9.99. The number of nitrogens with one attached hydrogen (secondary N) is 1. The van der Waals surface area contributed by atoms with Crippen LogP contribution in [0.1, 0.15) is 33.3 Å². The quantitative estimate of drug-likeness (QED) is 0.839. The Hall–Kier alpha value is -0.910. The molecule has 108 valence electrons. The van der Waals surface area contributed by atoms with Gasteiger partial charge in [0, 0.05) is 6.04 Å². The van der Waals surface area contributed by atoms with Gasteiger partial charge in [0.05, 0.1) is 11.0 Å². The van der Waals surface area contributed by atoms with Crippen molar-refractivity contribution in [3.8, 4) is 0 Å². The lowest BCUT2D eigenvalue weighted by Crippen LogP contribution is -2.31. The molecule has 19 heavy (non-hydrogen) atoms. The Kier molecular flexibility index (Phi) is 5.52. The molecule has 1 aromatic carbocycles. The monoisotopic (exact) mass is 285 g/mol. The summed E-state index contributed by atoms with van der Waals surface area (Å²) >= 11 is 0. The van der Waals surface area contributed by atoms with E-state index in [4.69, 9.17) is 0 Å². The average molecular weight is 285 g/mol. The Morgan fingerprint density at radius 3 is 2.26 bits per heavy atom. The fourth-order valence-electron chi connectivity index (χ4n) is 1.77. The molecule has 0 heterocycles. The van der Waals surface area contributed by atoms with E-state index in [1.54, 1.807) is 38.1 Å². The summed E-state index contributed by atoms with van der Waals surface area (Å²) in [6, 6.07) is 6.65. The van der Waals surface area contributed by atoms with Crippen molar-refractivity contribution in [2.45, 2.75) is 51.2 Å². The first-order valence-corrected chi connectivity index (χ1v) is 8.00. The molecule has 0 aliphatic rings. The Labute approximate surface area is 115 Å². The van der Waals surface area contributed by atoms with E-state index in [1.807, 2.05) is 13.8 Å². The van der Waals surface area contributed by atoms with Gasteiger partial charge in [0.25, 0.3) is 0 Å². The third-order valence-corrected chi connectivity index (χ3v) is 4.61. The van der Waals surface area contributed by atoms with Crippen LogP contribution in [0.25, 0.3) is 0 Å². The first-order valence-electron chi connectivity index (χ1n) is 6.52. The normalized spacial score (nSPS) is 14.1. The third kappa shape index (κ3) is 4.60. The van der Waals surface area contributed by atoms with E-state index in [-0.39, 0.29) is 16.9 Å². The van der Waals surface area contributed by atoms with Crippen LogP contribution in [0.5, 0.6) is 0 Å². The fourth-order valence-corrected chi connectivity index (χ4v) is 3.27. The van der Waals surface area contributed by atoms with Crippen LogP contribution in [-0.2, 0) is 16.4 Å². The van der Waals surface area contributed by atoms with Crippen molar-refractivity contribution in [3.63, 3.8) is 0 Å². The molecule has 4 nitrogen and oxygen atoms in total. The predicted octanol–water partition coefficient (Wildman–Crippen LogP) is 1.93. The van der Waals surface area contributed by atoms with Crippen molar-refractivity contribution in [2.24, 2.45) is 5.92 Å². The van der Waals surface area contributed by atoms with Crippen LogP contribution in [0.4, 0.5) is 0 Å². The van der Waals surface area contributed by atoms with Crippen LogP contribution in [0.3, 0.4) is 0 Å². The molecular formula is C14H23NO3S. The molecule has 5 heteroatoms. The Bertz CT molecular complexity index is 509. The molecule has 0 fully saturated rings. The van der Waals surface area contributed by atoms with E-state index in [2.05, 4.69) is 4.72 Å². The number of rotatable bonds is 6. The first kappa shape index (κ1) is 16.1. The van der Waals surface area contributed by atoms with E-state index in [9.17, 15) is 13.5 Å². The number of aliphatic hydroxyl groups excluding tert-OH is 1. The fraction of sp³-hybridized carbons (Fsp3) is 0.571. The molecule has 0 aromatic heterocycles. The molecule has 2 N–H and O–H groups in total. The maximum absolute atomic E-state index is 12.2. The topological polar surface area (TPSA) is 66.4 Å². The zero-order valence-corrected chi connectivity index (χ0v) is 12.7. The van der Waals surface area contributed by atoms with Crippen LogP contribution in [-0.4, -0.2) is 25.7 Å². The van der Waals surface area contributed by atoms with Crippen LogP contribution in [0.15, 0.2) is 29.2 Å². The van der Waals surface area contributed by atoms with E-state index >= 15 is 0 Å². The van der Waals surface area contributed by atoms with Crippen molar-refractivity contribution < 1.29 is 13.5 Å². The molecule has 0 saturated heterocycles. The van der Waals surface area contributed by atoms with Gasteiger partial charge in [0.2, 0.25) is 10.0 Å². The smallest absolute Gasteiger partial charge is 0.241 e. The highest BCUT2D eigenvalue weighted by Crippen LogP contribution is 2.19. The van der Waals surface area contributed by atoms with Gasteiger partial charge in [-0.15, -0.1) is 0 Å². The molecule has 0 aliphatic carbocycles. The molecule has 0 amide bonds. The summed E-state index contributed by atoms with van der Waals surface area (Å²) in [5.74, 6) is 0.0915. The summed E-state index contributed by atoms with van der Waals surface area (Å²) in [6.45, 7) is 7.38. The van der Waals surface area contributed by atoms with Gasteiger partial charge < -0.3 is 5.11 Å². The maximum atomic E-state index is 12.2. The van der Waals surface area contributed by atoms with Gasteiger partial charge in [-0.1, -0.05) is 32.0 Å². The van der Waals surface area contributed by atoms with Gasteiger partial charge >= 0.3 is 0 Å². The van der Waals surface area contributed by atoms with Gasteiger partial charge in [-0.25, -0.2) is 13.1 Å². The van der Waals surface area contributed by atoms with Crippen LogP contribution in [0.2, 0.25) is 0 Å². The summed E-state index contributed by atoms with van der Waals surface area (Å²) in [5.41, 5.74) is 0.650. The van der Waals surface area contributed by atoms with Gasteiger partial charge in [-0.05, 0) is 37.8 Å². The van der Waals surface area contributed by atoms with Crippen molar-refractivity contribution in [2.75, 3.05) is 0 Å². The summed E-state index contributed by atoms with van der Waals surface area (Å²) in [6.07, 6.45) is -0.206. The molecule has 1 unspecified atom stereocenters. The number of sulfonamides is 1. The number of benzene rings is 1. The van der Waals surface area contributed by atoms with E-state index in [0.29, 0.717) is 12.0 Å². The lowest BCUT2D eigenvalue weighted by Gasteiger charge is -2.18. The second-order valence-corrected chi connectivity index (χ2v) is 7.08. The minimum atomic E-state index is -3.52. The predicted molar refractivity (Wildman–Crippen MR) is 76.4 cm³/mol. The third-order valence-electron chi connectivity index (χ3n) is 2.85. The molecular weight excluding hydrogens is 262 g/mol.